The second-order valence-electron chi connectivity index (χ2n) is 2.71. The van der Waals surface area contributed by atoms with E-state index in [-0.39, 0.29) is 0 Å². The molecule has 0 fully saturated rings. The Kier molecular flexibility index (Phi) is 5.62. The third kappa shape index (κ3) is 4.22. The Hall–Kier alpha value is 0.100. The van der Waals surface area contributed by atoms with E-state index in [0.717, 1.165) is 26.1 Å². The minimum absolute atomic E-state index is 0.832. The molecule has 0 amide bonds. The molecular formula is C9H14BrNOS. The molecule has 0 aliphatic rings. The largest absolute Gasteiger partial charge is 0.385 e. The van der Waals surface area contributed by atoms with Crippen LogP contribution in [0.2, 0.25) is 0 Å². The van der Waals surface area contributed by atoms with E-state index >= 15 is 0 Å². The van der Waals surface area contributed by atoms with Gasteiger partial charge in [0.1, 0.15) is 0 Å². The summed E-state index contributed by atoms with van der Waals surface area (Å²) < 4.78 is 6.16. The summed E-state index contributed by atoms with van der Waals surface area (Å²) in [6.07, 6.45) is 1.07. The van der Waals surface area contributed by atoms with Crippen molar-refractivity contribution in [2.24, 2.45) is 0 Å². The summed E-state index contributed by atoms with van der Waals surface area (Å²) in [5.74, 6) is 0. The van der Waals surface area contributed by atoms with Crippen LogP contribution in [0, 0.1) is 0 Å². The number of halogens is 1. The first-order chi connectivity index (χ1) is 6.34. The fraction of sp³-hybridized carbons (Fsp3) is 0.556. The standard InChI is InChI=1S/C9H14BrNOS/c1-12-5-2-4-11-7-9-8(10)3-6-13-9/h3,6,11H,2,4-5,7H2,1H3. The van der Waals surface area contributed by atoms with Crippen molar-refractivity contribution in [3.63, 3.8) is 0 Å². The van der Waals surface area contributed by atoms with E-state index in [1.54, 1.807) is 18.4 Å². The SMILES string of the molecule is COCCCNCc1sccc1Br. The number of methoxy groups -OCH3 is 1. The van der Waals surface area contributed by atoms with E-state index in [1.165, 1.54) is 9.35 Å². The van der Waals surface area contributed by atoms with Crippen LogP contribution in [0.3, 0.4) is 0 Å². The fourth-order valence-electron chi connectivity index (χ4n) is 0.995. The van der Waals surface area contributed by atoms with Gasteiger partial charge in [-0.2, -0.15) is 0 Å². The second-order valence-corrected chi connectivity index (χ2v) is 4.57. The molecule has 1 rings (SSSR count). The quantitative estimate of drug-likeness (QED) is 0.797. The maximum atomic E-state index is 4.96. The number of nitrogens with one attached hydrogen (secondary N) is 1. The second kappa shape index (κ2) is 6.54. The molecule has 0 atom stereocenters. The molecule has 0 saturated heterocycles. The first-order valence-electron chi connectivity index (χ1n) is 4.26. The van der Waals surface area contributed by atoms with Crippen LogP contribution < -0.4 is 5.32 Å². The summed E-state index contributed by atoms with van der Waals surface area (Å²) >= 11 is 5.27. The highest BCUT2D eigenvalue weighted by Crippen LogP contribution is 2.21. The molecule has 4 heteroatoms. The summed E-state index contributed by atoms with van der Waals surface area (Å²) in [6.45, 7) is 2.79. The number of rotatable bonds is 6. The average Bonchev–Trinajstić information content (AvgIpc) is 2.52. The number of thiophene rings is 1. The van der Waals surface area contributed by atoms with Crippen molar-refractivity contribution in [3.05, 3.63) is 20.8 Å². The molecule has 74 valence electrons. The Balaban J connectivity index is 2.10. The van der Waals surface area contributed by atoms with Crippen LogP contribution in [-0.2, 0) is 11.3 Å². The van der Waals surface area contributed by atoms with Gasteiger partial charge in [0.15, 0.2) is 0 Å². The van der Waals surface area contributed by atoms with Gasteiger partial charge in [-0.15, -0.1) is 11.3 Å². The minimum atomic E-state index is 0.832. The molecule has 0 bridgehead atoms. The van der Waals surface area contributed by atoms with E-state index in [0.29, 0.717) is 0 Å². The molecule has 1 N–H and O–H groups in total. The van der Waals surface area contributed by atoms with Crippen molar-refractivity contribution in [1.82, 2.24) is 5.32 Å². The lowest BCUT2D eigenvalue weighted by Crippen LogP contribution is -2.15. The number of hydrogen-bond acceptors (Lipinski definition) is 3. The Morgan fingerprint density at radius 3 is 3.08 bits per heavy atom. The highest BCUT2D eigenvalue weighted by Gasteiger charge is 1.99. The maximum Gasteiger partial charge on any atom is 0.0474 e. The van der Waals surface area contributed by atoms with Crippen LogP contribution in [0.1, 0.15) is 11.3 Å². The molecule has 0 aliphatic carbocycles. The molecule has 2 nitrogen and oxygen atoms in total. The molecule has 0 saturated carbocycles. The van der Waals surface area contributed by atoms with E-state index in [4.69, 9.17) is 4.74 Å². The van der Waals surface area contributed by atoms with Crippen LogP contribution in [-0.4, -0.2) is 20.3 Å². The van der Waals surface area contributed by atoms with E-state index in [2.05, 4.69) is 32.7 Å². The summed E-state index contributed by atoms with van der Waals surface area (Å²) in [5, 5.41) is 5.46. The molecule has 1 aromatic heterocycles. The van der Waals surface area contributed by atoms with Crippen molar-refractivity contribution < 1.29 is 4.74 Å². The van der Waals surface area contributed by atoms with Gasteiger partial charge in [0, 0.05) is 29.6 Å². The Bertz CT molecular complexity index is 239. The van der Waals surface area contributed by atoms with Crippen LogP contribution in [0.25, 0.3) is 0 Å². The van der Waals surface area contributed by atoms with Crippen molar-refractivity contribution in [3.8, 4) is 0 Å². The molecule has 13 heavy (non-hydrogen) atoms. The topological polar surface area (TPSA) is 21.3 Å². The van der Waals surface area contributed by atoms with Gasteiger partial charge in [0.2, 0.25) is 0 Å². The highest BCUT2D eigenvalue weighted by molar-refractivity contribution is 9.10. The highest BCUT2D eigenvalue weighted by atomic mass is 79.9. The van der Waals surface area contributed by atoms with Gasteiger partial charge in [0.25, 0.3) is 0 Å². The lowest BCUT2D eigenvalue weighted by Gasteiger charge is -2.02. The third-order valence-corrected chi connectivity index (χ3v) is 3.60. The fourth-order valence-corrected chi connectivity index (χ4v) is 2.46. The molecule has 1 aromatic rings. The molecule has 0 radical (unpaired) electrons. The van der Waals surface area contributed by atoms with E-state index in [9.17, 15) is 0 Å². The molecule has 0 unspecified atom stereocenters. The number of hydrogen-bond donors (Lipinski definition) is 1. The molecule has 0 spiro atoms. The van der Waals surface area contributed by atoms with Gasteiger partial charge in [0.05, 0.1) is 0 Å². The lowest BCUT2D eigenvalue weighted by molar-refractivity contribution is 0.194. The van der Waals surface area contributed by atoms with Crippen LogP contribution in [0.15, 0.2) is 15.9 Å². The van der Waals surface area contributed by atoms with Gasteiger partial charge in [-0.1, -0.05) is 0 Å². The van der Waals surface area contributed by atoms with Gasteiger partial charge >= 0.3 is 0 Å². The molecule has 0 aliphatic heterocycles. The summed E-state index contributed by atoms with van der Waals surface area (Å²) in [4.78, 5) is 1.36. The Labute approximate surface area is 91.4 Å². The maximum absolute atomic E-state index is 4.96. The van der Waals surface area contributed by atoms with Crippen molar-refractivity contribution in [1.29, 1.82) is 0 Å². The van der Waals surface area contributed by atoms with Crippen molar-refractivity contribution in [2.75, 3.05) is 20.3 Å². The summed E-state index contributed by atoms with van der Waals surface area (Å²) in [7, 11) is 1.73. The van der Waals surface area contributed by atoms with Crippen molar-refractivity contribution >= 4 is 27.3 Å². The molecular weight excluding hydrogens is 250 g/mol. The predicted molar refractivity (Wildman–Crippen MR) is 60.2 cm³/mol. The lowest BCUT2D eigenvalue weighted by atomic mass is 10.4. The van der Waals surface area contributed by atoms with Crippen LogP contribution in [0.5, 0.6) is 0 Å². The van der Waals surface area contributed by atoms with Gasteiger partial charge in [-0.25, -0.2) is 0 Å². The van der Waals surface area contributed by atoms with Crippen LogP contribution >= 0.6 is 27.3 Å². The average molecular weight is 264 g/mol. The van der Waals surface area contributed by atoms with E-state index < -0.39 is 0 Å². The predicted octanol–water partition coefficient (Wildman–Crippen LogP) is 2.64. The van der Waals surface area contributed by atoms with Gasteiger partial charge in [-0.05, 0) is 40.3 Å². The smallest absolute Gasteiger partial charge is 0.0474 e. The first-order valence-corrected chi connectivity index (χ1v) is 5.93. The van der Waals surface area contributed by atoms with Gasteiger partial charge < -0.3 is 10.1 Å². The molecule has 1 heterocycles. The zero-order valence-corrected chi connectivity index (χ0v) is 10.1. The zero-order valence-electron chi connectivity index (χ0n) is 7.68. The van der Waals surface area contributed by atoms with E-state index in [1.807, 2.05) is 0 Å². The normalized spacial score (nSPS) is 10.6. The zero-order chi connectivity index (χ0) is 9.52. The van der Waals surface area contributed by atoms with Crippen molar-refractivity contribution in [2.45, 2.75) is 13.0 Å². The molecule has 0 aromatic carbocycles. The van der Waals surface area contributed by atoms with Crippen LogP contribution in [0.4, 0.5) is 0 Å². The Morgan fingerprint density at radius 1 is 1.62 bits per heavy atom. The summed E-state index contributed by atoms with van der Waals surface area (Å²) in [6, 6.07) is 2.08. The minimum Gasteiger partial charge on any atom is -0.385 e. The summed E-state index contributed by atoms with van der Waals surface area (Å²) in [5.41, 5.74) is 0. The first kappa shape index (κ1) is 11.2. The van der Waals surface area contributed by atoms with Gasteiger partial charge in [-0.3, -0.25) is 0 Å². The third-order valence-electron chi connectivity index (χ3n) is 1.68. The Morgan fingerprint density at radius 2 is 2.46 bits per heavy atom. The number of ether oxygens (including phenoxy) is 1. The monoisotopic (exact) mass is 263 g/mol.